The van der Waals surface area contributed by atoms with Crippen LogP contribution in [0.5, 0.6) is 5.75 Å². The van der Waals surface area contributed by atoms with Gasteiger partial charge in [-0.25, -0.2) is 8.42 Å². The van der Waals surface area contributed by atoms with Crippen molar-refractivity contribution < 1.29 is 22.7 Å². The zero-order valence-corrected chi connectivity index (χ0v) is 28.2. The van der Waals surface area contributed by atoms with E-state index in [0.717, 1.165) is 21.7 Å². The molecule has 0 aliphatic carbocycles. The van der Waals surface area contributed by atoms with Crippen LogP contribution in [-0.2, 0) is 39.2 Å². The summed E-state index contributed by atoms with van der Waals surface area (Å²) in [7, 11) is -3.94. The normalized spacial score (nSPS) is 12.0. The number of sulfonamides is 1. The van der Waals surface area contributed by atoms with Crippen LogP contribution in [-0.4, -0.2) is 50.0 Å². The lowest BCUT2D eigenvalue weighted by Gasteiger charge is -2.34. The number of rotatable bonds is 14. The first kappa shape index (κ1) is 34.8. The SMILES string of the molecule is CC(C)NC(=O)[C@H](Cc1ccccc1)N(Cc1c(Cl)cccc1Cl)C(=O)CN(c1ccc(OCc2ccccc2)cc1)S(C)(=O)=O. The minimum absolute atomic E-state index is 0.121. The van der Waals surface area contributed by atoms with Crippen LogP contribution in [0.15, 0.2) is 103 Å². The largest absolute Gasteiger partial charge is 0.489 e. The maximum absolute atomic E-state index is 14.3. The molecule has 1 N–H and O–H groups in total. The summed E-state index contributed by atoms with van der Waals surface area (Å²) in [6.07, 6.45) is 1.21. The highest BCUT2D eigenvalue weighted by Crippen LogP contribution is 2.28. The summed E-state index contributed by atoms with van der Waals surface area (Å²) in [5.41, 5.74) is 2.52. The molecule has 0 aliphatic rings. The summed E-state index contributed by atoms with van der Waals surface area (Å²) >= 11 is 13.0. The number of anilines is 1. The first-order valence-corrected chi connectivity index (χ1v) is 17.3. The Labute approximate surface area is 280 Å². The predicted molar refractivity (Wildman–Crippen MR) is 184 cm³/mol. The number of nitrogens with one attached hydrogen (secondary N) is 1. The molecule has 46 heavy (non-hydrogen) atoms. The minimum Gasteiger partial charge on any atom is -0.489 e. The fourth-order valence-corrected chi connectivity index (χ4v) is 6.22. The molecule has 0 heterocycles. The van der Waals surface area contributed by atoms with Crippen molar-refractivity contribution in [3.63, 3.8) is 0 Å². The van der Waals surface area contributed by atoms with Gasteiger partial charge < -0.3 is 15.0 Å². The fraction of sp³-hybridized carbons (Fsp3) is 0.257. The van der Waals surface area contributed by atoms with Gasteiger partial charge in [-0.05, 0) is 61.4 Å². The Balaban J connectivity index is 1.67. The van der Waals surface area contributed by atoms with E-state index in [2.05, 4.69) is 5.32 Å². The topological polar surface area (TPSA) is 96.0 Å². The third-order valence-corrected chi connectivity index (χ3v) is 8.99. The second-order valence-corrected chi connectivity index (χ2v) is 13.8. The lowest BCUT2D eigenvalue weighted by Crippen LogP contribution is -2.54. The molecule has 4 aromatic rings. The van der Waals surface area contributed by atoms with Crippen molar-refractivity contribution in [3.05, 3.63) is 130 Å². The highest BCUT2D eigenvalue weighted by Gasteiger charge is 2.34. The summed E-state index contributed by atoms with van der Waals surface area (Å²) < 4.78 is 33.1. The molecule has 0 radical (unpaired) electrons. The van der Waals surface area contributed by atoms with E-state index in [1.165, 1.54) is 4.90 Å². The first-order valence-electron chi connectivity index (χ1n) is 14.7. The molecule has 0 unspecified atom stereocenters. The Morgan fingerprint density at radius 1 is 0.804 bits per heavy atom. The molecule has 0 saturated heterocycles. The third-order valence-electron chi connectivity index (χ3n) is 7.14. The molecule has 4 aromatic carbocycles. The van der Waals surface area contributed by atoms with E-state index >= 15 is 0 Å². The highest BCUT2D eigenvalue weighted by molar-refractivity contribution is 7.92. The van der Waals surface area contributed by atoms with E-state index in [9.17, 15) is 18.0 Å². The maximum Gasteiger partial charge on any atom is 0.244 e. The average molecular weight is 683 g/mol. The Kier molecular flexibility index (Phi) is 12.1. The van der Waals surface area contributed by atoms with Crippen LogP contribution < -0.4 is 14.4 Å². The van der Waals surface area contributed by atoms with Crippen LogP contribution in [0.2, 0.25) is 10.0 Å². The van der Waals surface area contributed by atoms with Crippen molar-refractivity contribution in [2.75, 3.05) is 17.1 Å². The van der Waals surface area contributed by atoms with Gasteiger partial charge in [-0.15, -0.1) is 0 Å². The third kappa shape index (κ3) is 9.72. The molecule has 0 aliphatic heterocycles. The van der Waals surface area contributed by atoms with Crippen LogP contribution in [0.1, 0.15) is 30.5 Å². The lowest BCUT2D eigenvalue weighted by molar-refractivity contribution is -0.140. The summed E-state index contributed by atoms with van der Waals surface area (Å²) in [6.45, 7) is 3.31. The van der Waals surface area contributed by atoms with Crippen LogP contribution >= 0.6 is 23.2 Å². The summed E-state index contributed by atoms with van der Waals surface area (Å²) in [5, 5.41) is 3.55. The number of hydrogen-bond donors (Lipinski definition) is 1. The Morgan fingerprint density at radius 2 is 1.37 bits per heavy atom. The summed E-state index contributed by atoms with van der Waals surface area (Å²) in [6, 6.07) is 29.2. The van der Waals surface area contributed by atoms with Crippen molar-refractivity contribution >= 4 is 50.7 Å². The number of nitrogens with zero attached hydrogens (tertiary/aromatic N) is 2. The van der Waals surface area contributed by atoms with E-state index < -0.39 is 28.5 Å². The number of ether oxygens (including phenoxy) is 1. The zero-order valence-electron chi connectivity index (χ0n) is 25.9. The van der Waals surface area contributed by atoms with Gasteiger partial charge in [0.2, 0.25) is 21.8 Å². The molecule has 0 spiro atoms. The van der Waals surface area contributed by atoms with Gasteiger partial charge in [0.15, 0.2) is 0 Å². The summed E-state index contributed by atoms with van der Waals surface area (Å²) in [4.78, 5) is 29.3. The minimum atomic E-state index is -3.94. The predicted octanol–water partition coefficient (Wildman–Crippen LogP) is 6.50. The van der Waals surface area contributed by atoms with Crippen LogP contribution in [0, 0.1) is 0 Å². The van der Waals surface area contributed by atoms with Gasteiger partial charge in [0.1, 0.15) is 24.9 Å². The lowest BCUT2D eigenvalue weighted by atomic mass is 10.0. The van der Waals surface area contributed by atoms with Gasteiger partial charge in [-0.1, -0.05) is 89.9 Å². The molecule has 2 amide bonds. The molecule has 8 nitrogen and oxygen atoms in total. The number of carbonyl (C=O) groups excluding carboxylic acids is 2. The van der Waals surface area contributed by atoms with E-state index in [-0.39, 0.29) is 30.6 Å². The molecule has 0 aromatic heterocycles. The molecule has 0 fully saturated rings. The highest BCUT2D eigenvalue weighted by atomic mass is 35.5. The van der Waals surface area contributed by atoms with E-state index in [1.807, 2.05) is 74.5 Å². The number of amides is 2. The van der Waals surface area contributed by atoms with Gasteiger partial charge >= 0.3 is 0 Å². The van der Waals surface area contributed by atoms with E-state index in [1.54, 1.807) is 42.5 Å². The molecular weight excluding hydrogens is 645 g/mol. The second-order valence-electron chi connectivity index (χ2n) is 11.1. The first-order chi connectivity index (χ1) is 21.9. The molecule has 11 heteroatoms. The van der Waals surface area contributed by atoms with Crippen molar-refractivity contribution in [3.8, 4) is 5.75 Å². The average Bonchev–Trinajstić information content (AvgIpc) is 3.02. The van der Waals surface area contributed by atoms with Gasteiger partial charge in [0.05, 0.1) is 11.9 Å². The number of hydrogen-bond acceptors (Lipinski definition) is 5. The van der Waals surface area contributed by atoms with Crippen molar-refractivity contribution in [1.29, 1.82) is 0 Å². The fourth-order valence-electron chi connectivity index (χ4n) is 4.85. The number of benzene rings is 4. The molecular formula is C35H37Cl2N3O5S. The second kappa shape index (κ2) is 16.0. The van der Waals surface area contributed by atoms with E-state index in [4.69, 9.17) is 27.9 Å². The molecule has 242 valence electrons. The number of carbonyl (C=O) groups is 2. The van der Waals surface area contributed by atoms with Gasteiger partial charge in [-0.2, -0.15) is 0 Å². The summed E-state index contributed by atoms with van der Waals surface area (Å²) in [5.74, 6) is -0.456. The van der Waals surface area contributed by atoms with Crippen LogP contribution in [0.3, 0.4) is 0 Å². The van der Waals surface area contributed by atoms with Gasteiger partial charge in [-0.3, -0.25) is 13.9 Å². The smallest absolute Gasteiger partial charge is 0.244 e. The quantitative estimate of drug-likeness (QED) is 0.164. The maximum atomic E-state index is 14.3. The standard InChI is InChI=1S/C35H37Cl2N3O5S/c1-25(2)38-35(42)33(21-26-11-6-4-7-12-26)39(22-30-31(36)15-10-16-32(30)37)34(41)23-40(46(3,43)44)28-17-19-29(20-18-28)45-24-27-13-8-5-9-14-27/h4-20,25,33H,21-24H2,1-3H3,(H,38,42)/t33-/m0/s1. The van der Waals surface area contributed by atoms with Crippen LogP contribution in [0.25, 0.3) is 0 Å². The monoisotopic (exact) mass is 681 g/mol. The Morgan fingerprint density at radius 3 is 1.91 bits per heavy atom. The Bertz CT molecular complexity index is 1700. The van der Waals surface area contributed by atoms with Crippen molar-refractivity contribution in [1.82, 2.24) is 10.2 Å². The van der Waals surface area contributed by atoms with Crippen LogP contribution in [0.4, 0.5) is 5.69 Å². The van der Waals surface area contributed by atoms with Gasteiger partial charge in [0.25, 0.3) is 0 Å². The van der Waals surface area contributed by atoms with Crippen molar-refractivity contribution in [2.45, 2.75) is 45.5 Å². The van der Waals surface area contributed by atoms with Gasteiger partial charge in [0, 0.05) is 34.6 Å². The Hall–Kier alpha value is -4.05. The van der Waals surface area contributed by atoms with Crippen molar-refractivity contribution in [2.24, 2.45) is 0 Å². The molecule has 4 rings (SSSR count). The zero-order chi connectivity index (χ0) is 33.3. The molecule has 1 atom stereocenters. The molecule has 0 saturated carbocycles. The molecule has 0 bridgehead atoms. The number of halogens is 2. The van der Waals surface area contributed by atoms with E-state index in [0.29, 0.717) is 28.0 Å².